The molecule has 1 aliphatic rings. The van der Waals surface area contributed by atoms with Gasteiger partial charge < -0.3 is 4.90 Å². The first-order chi connectivity index (χ1) is 6.92. The molecule has 2 rings (SSSR count). The molecule has 14 heavy (non-hydrogen) atoms. The van der Waals surface area contributed by atoms with Crippen LogP contribution in [0.3, 0.4) is 0 Å². The minimum absolute atomic E-state index is 0.377. The highest BCUT2D eigenvalue weighted by Crippen LogP contribution is 2.29. The number of pyridine rings is 1. The molecule has 0 amide bonds. The van der Waals surface area contributed by atoms with Crippen molar-refractivity contribution in [1.82, 2.24) is 9.88 Å². The van der Waals surface area contributed by atoms with E-state index in [2.05, 4.69) is 22.0 Å². The van der Waals surface area contributed by atoms with E-state index in [1.165, 1.54) is 18.4 Å². The molecule has 1 aromatic heterocycles. The molecule has 0 spiro atoms. The predicted octanol–water partition coefficient (Wildman–Crippen LogP) is 2.20. The summed E-state index contributed by atoms with van der Waals surface area (Å²) in [5.41, 5.74) is 1.24. The fraction of sp³-hybridized carbons (Fsp3) is 0.417. The Hall–Kier alpha value is -1.49. The molecule has 0 N–H and O–H groups in total. The third-order valence-corrected chi connectivity index (χ3v) is 2.74. The first-order valence-corrected chi connectivity index (χ1v) is 5.04. The number of hydrogen-bond donors (Lipinski definition) is 0. The lowest BCUT2D eigenvalue weighted by Crippen LogP contribution is -2.29. The molecule has 1 aromatic rings. The molecule has 1 atom stereocenters. The second kappa shape index (κ2) is 4.15. The Morgan fingerprint density at radius 2 is 2.43 bits per heavy atom. The maximum atomic E-state index is 5.49. The number of rotatable bonds is 1. The minimum atomic E-state index is 0.377. The lowest BCUT2D eigenvalue weighted by molar-refractivity contribution is 0.230. The summed E-state index contributed by atoms with van der Waals surface area (Å²) in [6.07, 6.45) is 12.8. The second-order valence-corrected chi connectivity index (χ2v) is 3.62. The van der Waals surface area contributed by atoms with Crippen LogP contribution in [0, 0.1) is 12.5 Å². The lowest BCUT2D eigenvalue weighted by atomic mass is 9.97. The third-order valence-electron chi connectivity index (χ3n) is 2.74. The van der Waals surface area contributed by atoms with Crippen LogP contribution in [0.4, 0.5) is 0 Å². The van der Waals surface area contributed by atoms with Gasteiger partial charge in [0.05, 0.1) is 6.04 Å². The van der Waals surface area contributed by atoms with Crippen molar-refractivity contribution < 1.29 is 0 Å². The largest absolute Gasteiger partial charge is 0.325 e. The van der Waals surface area contributed by atoms with E-state index in [0.29, 0.717) is 6.04 Å². The second-order valence-electron chi connectivity index (χ2n) is 3.62. The Balaban J connectivity index is 2.20. The zero-order valence-electron chi connectivity index (χ0n) is 8.19. The number of likely N-dealkylation sites (tertiary alicyclic amines) is 1. The lowest BCUT2D eigenvalue weighted by Gasteiger charge is -2.32. The van der Waals surface area contributed by atoms with Gasteiger partial charge in [-0.05, 0) is 30.9 Å². The molecule has 0 aliphatic carbocycles. The van der Waals surface area contributed by atoms with Gasteiger partial charge in [-0.2, -0.15) is 0 Å². The molecule has 1 aliphatic heterocycles. The van der Waals surface area contributed by atoms with Crippen LogP contribution in [0.2, 0.25) is 0 Å². The maximum Gasteiger partial charge on any atom is 0.0635 e. The Morgan fingerprint density at radius 1 is 1.50 bits per heavy atom. The van der Waals surface area contributed by atoms with Crippen molar-refractivity contribution in [2.24, 2.45) is 0 Å². The van der Waals surface area contributed by atoms with Gasteiger partial charge in [0.25, 0.3) is 0 Å². The van der Waals surface area contributed by atoms with Gasteiger partial charge in [0.2, 0.25) is 0 Å². The third kappa shape index (κ3) is 1.72. The molecule has 0 saturated carbocycles. The van der Waals surface area contributed by atoms with Gasteiger partial charge in [0.15, 0.2) is 0 Å². The van der Waals surface area contributed by atoms with Gasteiger partial charge in [-0.1, -0.05) is 12.5 Å². The van der Waals surface area contributed by atoms with E-state index in [-0.39, 0.29) is 0 Å². The highest BCUT2D eigenvalue weighted by molar-refractivity contribution is 5.16. The van der Waals surface area contributed by atoms with E-state index < -0.39 is 0 Å². The van der Waals surface area contributed by atoms with Crippen LogP contribution >= 0.6 is 0 Å². The summed E-state index contributed by atoms with van der Waals surface area (Å²) in [6.45, 7) is 1.01. The monoisotopic (exact) mass is 186 g/mol. The van der Waals surface area contributed by atoms with Crippen LogP contribution in [0.1, 0.15) is 30.9 Å². The van der Waals surface area contributed by atoms with Gasteiger partial charge in [0.1, 0.15) is 0 Å². The fourth-order valence-corrected chi connectivity index (χ4v) is 2.01. The number of piperidine rings is 1. The SMILES string of the molecule is C#CN1CCCC[C@H]1c1cccnc1. The molecule has 0 radical (unpaired) electrons. The van der Waals surface area contributed by atoms with Crippen LogP contribution in [-0.4, -0.2) is 16.4 Å². The molecular formula is C12H14N2. The normalized spacial score (nSPS) is 21.6. The van der Waals surface area contributed by atoms with Crippen molar-refractivity contribution in [2.75, 3.05) is 6.54 Å². The first kappa shape index (κ1) is 9.08. The first-order valence-electron chi connectivity index (χ1n) is 5.04. The standard InChI is InChI=1S/C12H14N2/c1-2-14-9-4-3-7-12(14)11-6-5-8-13-10-11/h1,5-6,8,10,12H,3-4,7,9H2/t12-/m0/s1. The number of terminal acetylenes is 1. The minimum Gasteiger partial charge on any atom is -0.325 e. The number of nitrogens with zero attached hydrogens (tertiary/aromatic N) is 2. The molecule has 2 heterocycles. The Labute approximate surface area is 85.0 Å². The summed E-state index contributed by atoms with van der Waals surface area (Å²) in [5.74, 6) is 0. The van der Waals surface area contributed by atoms with Gasteiger partial charge in [-0.15, -0.1) is 0 Å². The average Bonchev–Trinajstić information content (AvgIpc) is 2.30. The predicted molar refractivity (Wildman–Crippen MR) is 56.4 cm³/mol. The van der Waals surface area contributed by atoms with Crippen LogP contribution in [0.15, 0.2) is 24.5 Å². The fourth-order valence-electron chi connectivity index (χ4n) is 2.01. The zero-order valence-corrected chi connectivity index (χ0v) is 8.19. The van der Waals surface area contributed by atoms with Crippen LogP contribution in [0.5, 0.6) is 0 Å². The quantitative estimate of drug-likeness (QED) is 0.625. The van der Waals surface area contributed by atoms with E-state index in [4.69, 9.17) is 6.42 Å². The van der Waals surface area contributed by atoms with Crippen molar-refractivity contribution in [1.29, 1.82) is 0 Å². The summed E-state index contributed by atoms with van der Waals surface area (Å²) < 4.78 is 0. The topological polar surface area (TPSA) is 16.1 Å². The number of hydrogen-bond acceptors (Lipinski definition) is 2. The molecule has 1 fully saturated rings. The van der Waals surface area contributed by atoms with Crippen molar-refractivity contribution in [2.45, 2.75) is 25.3 Å². The maximum absolute atomic E-state index is 5.49. The van der Waals surface area contributed by atoms with Gasteiger partial charge in [-0.3, -0.25) is 4.98 Å². The highest BCUT2D eigenvalue weighted by atomic mass is 15.1. The summed E-state index contributed by atoms with van der Waals surface area (Å²) >= 11 is 0. The summed E-state index contributed by atoms with van der Waals surface area (Å²) in [5, 5.41) is 0. The van der Waals surface area contributed by atoms with Crippen molar-refractivity contribution in [3.05, 3.63) is 30.1 Å². The van der Waals surface area contributed by atoms with Gasteiger partial charge in [0, 0.05) is 25.0 Å². The van der Waals surface area contributed by atoms with Crippen molar-refractivity contribution >= 4 is 0 Å². The van der Waals surface area contributed by atoms with E-state index in [0.717, 1.165) is 13.0 Å². The molecule has 0 bridgehead atoms. The molecule has 1 saturated heterocycles. The van der Waals surface area contributed by atoms with E-state index >= 15 is 0 Å². The zero-order chi connectivity index (χ0) is 9.80. The van der Waals surface area contributed by atoms with Crippen LogP contribution < -0.4 is 0 Å². The number of aromatic nitrogens is 1. The Bertz CT molecular complexity index is 326. The van der Waals surface area contributed by atoms with Crippen molar-refractivity contribution in [3.63, 3.8) is 0 Å². The molecule has 0 aromatic carbocycles. The van der Waals surface area contributed by atoms with Crippen LogP contribution in [-0.2, 0) is 0 Å². The molecular weight excluding hydrogens is 172 g/mol. The molecule has 0 unspecified atom stereocenters. The molecule has 72 valence electrons. The Morgan fingerprint density at radius 3 is 3.14 bits per heavy atom. The van der Waals surface area contributed by atoms with E-state index in [1.807, 2.05) is 12.3 Å². The highest BCUT2D eigenvalue weighted by Gasteiger charge is 2.21. The molecule has 2 heteroatoms. The van der Waals surface area contributed by atoms with Gasteiger partial charge >= 0.3 is 0 Å². The van der Waals surface area contributed by atoms with Crippen LogP contribution in [0.25, 0.3) is 0 Å². The smallest absolute Gasteiger partial charge is 0.0635 e. The summed E-state index contributed by atoms with van der Waals surface area (Å²) in [6, 6.07) is 7.21. The Kier molecular flexibility index (Phi) is 2.69. The summed E-state index contributed by atoms with van der Waals surface area (Å²) in [7, 11) is 0. The van der Waals surface area contributed by atoms with E-state index in [1.54, 1.807) is 6.20 Å². The van der Waals surface area contributed by atoms with E-state index in [9.17, 15) is 0 Å². The van der Waals surface area contributed by atoms with Gasteiger partial charge in [-0.25, -0.2) is 0 Å². The summed E-state index contributed by atoms with van der Waals surface area (Å²) in [4.78, 5) is 6.22. The average molecular weight is 186 g/mol. The molecule has 2 nitrogen and oxygen atoms in total. The van der Waals surface area contributed by atoms with Crippen molar-refractivity contribution in [3.8, 4) is 12.5 Å².